The number of hydrogen-bond acceptors (Lipinski definition) is 4. The summed E-state index contributed by atoms with van der Waals surface area (Å²) >= 11 is 5.41. The van der Waals surface area contributed by atoms with Crippen LogP contribution in [0.3, 0.4) is 0 Å². The van der Waals surface area contributed by atoms with Crippen molar-refractivity contribution in [2.24, 2.45) is 11.3 Å². The van der Waals surface area contributed by atoms with Crippen molar-refractivity contribution in [3.05, 3.63) is 41.1 Å². The zero-order valence-electron chi connectivity index (χ0n) is 19.0. The minimum absolute atomic E-state index is 0.0179. The molecule has 0 saturated heterocycles. The normalized spacial score (nSPS) is 18.0. The molecule has 0 fully saturated rings. The maximum Gasteiger partial charge on any atom is 0.337 e. The van der Waals surface area contributed by atoms with Crippen molar-refractivity contribution < 1.29 is 14.3 Å². The van der Waals surface area contributed by atoms with Gasteiger partial charge in [-0.3, -0.25) is 4.79 Å². The molecular formula is C23H33N3O3S. The zero-order valence-corrected chi connectivity index (χ0v) is 19.8. The number of allylic oxidation sites excluding steroid dienone is 1. The summed E-state index contributed by atoms with van der Waals surface area (Å²) in [6, 6.07) is 7.03. The second kappa shape index (κ2) is 9.60. The molecule has 0 radical (unpaired) electrons. The zero-order chi connectivity index (χ0) is 22.6. The van der Waals surface area contributed by atoms with Gasteiger partial charge in [0.1, 0.15) is 0 Å². The van der Waals surface area contributed by atoms with Gasteiger partial charge in [-0.15, -0.1) is 0 Å². The maximum atomic E-state index is 12.5. The van der Waals surface area contributed by atoms with E-state index in [9.17, 15) is 9.59 Å². The molecule has 2 N–H and O–H groups in total. The number of anilines is 1. The quantitative estimate of drug-likeness (QED) is 0.514. The molecule has 30 heavy (non-hydrogen) atoms. The number of carbonyl (C=O) groups excluding carboxylic acids is 2. The molecule has 164 valence electrons. The van der Waals surface area contributed by atoms with Crippen LogP contribution in [0.4, 0.5) is 5.69 Å². The van der Waals surface area contributed by atoms with Gasteiger partial charge in [-0.25, -0.2) is 4.79 Å². The number of ether oxygens (including phenoxy) is 1. The number of amides is 1. The van der Waals surface area contributed by atoms with E-state index < -0.39 is 12.0 Å². The van der Waals surface area contributed by atoms with Crippen LogP contribution in [0.1, 0.15) is 59.1 Å². The first-order chi connectivity index (χ1) is 13.9. The van der Waals surface area contributed by atoms with Crippen LogP contribution in [-0.4, -0.2) is 36.0 Å². The van der Waals surface area contributed by atoms with Gasteiger partial charge in [-0.1, -0.05) is 39.8 Å². The number of methoxy groups -OCH3 is 1. The van der Waals surface area contributed by atoms with E-state index in [1.54, 1.807) is 11.9 Å². The van der Waals surface area contributed by atoms with Gasteiger partial charge in [0.25, 0.3) is 0 Å². The van der Waals surface area contributed by atoms with E-state index >= 15 is 0 Å². The van der Waals surface area contributed by atoms with Crippen molar-refractivity contribution >= 4 is 34.9 Å². The summed E-state index contributed by atoms with van der Waals surface area (Å²) in [6.45, 7) is 10.5. The first-order valence-corrected chi connectivity index (χ1v) is 10.6. The van der Waals surface area contributed by atoms with E-state index in [0.717, 1.165) is 17.7 Å². The van der Waals surface area contributed by atoms with Crippen molar-refractivity contribution in [1.82, 2.24) is 10.2 Å². The minimum Gasteiger partial charge on any atom is -0.466 e. The van der Waals surface area contributed by atoms with E-state index in [2.05, 4.69) is 38.3 Å². The number of esters is 1. The Kier molecular flexibility index (Phi) is 7.64. The summed E-state index contributed by atoms with van der Waals surface area (Å²) in [7, 11) is 3.17. The van der Waals surface area contributed by atoms with E-state index in [-0.39, 0.29) is 17.2 Å². The number of benzene rings is 1. The molecule has 2 unspecified atom stereocenters. The van der Waals surface area contributed by atoms with Crippen LogP contribution in [-0.2, 0) is 14.3 Å². The largest absolute Gasteiger partial charge is 0.466 e. The molecule has 1 aliphatic heterocycles. The lowest BCUT2D eigenvalue weighted by Crippen LogP contribution is -2.46. The van der Waals surface area contributed by atoms with Gasteiger partial charge >= 0.3 is 5.97 Å². The molecule has 0 spiro atoms. The number of nitrogens with one attached hydrogen (secondary N) is 2. The molecule has 1 amide bonds. The summed E-state index contributed by atoms with van der Waals surface area (Å²) in [5, 5.41) is 6.71. The predicted molar refractivity (Wildman–Crippen MR) is 124 cm³/mol. The number of thiocarbonyl (C=S) groups is 1. The Morgan fingerprint density at radius 1 is 1.33 bits per heavy atom. The lowest BCUT2D eigenvalue weighted by atomic mass is 9.84. The highest BCUT2D eigenvalue weighted by atomic mass is 32.1. The van der Waals surface area contributed by atoms with Crippen LogP contribution < -0.4 is 10.6 Å². The summed E-state index contributed by atoms with van der Waals surface area (Å²) in [5.41, 5.74) is 2.93. The summed E-state index contributed by atoms with van der Waals surface area (Å²) in [6.07, 6.45) is 1.44. The monoisotopic (exact) mass is 431 g/mol. The van der Waals surface area contributed by atoms with Gasteiger partial charge in [0.05, 0.1) is 18.7 Å². The third-order valence-corrected chi connectivity index (χ3v) is 5.55. The molecule has 2 atom stereocenters. The Bertz CT molecular complexity index is 857. The second-order valence-corrected chi connectivity index (χ2v) is 9.57. The molecular weight excluding hydrogens is 398 g/mol. The maximum absolute atomic E-state index is 12.5. The molecule has 1 aromatic carbocycles. The van der Waals surface area contributed by atoms with Gasteiger partial charge in [-0.05, 0) is 54.6 Å². The number of rotatable bonds is 6. The van der Waals surface area contributed by atoms with E-state index in [1.165, 1.54) is 7.11 Å². The van der Waals surface area contributed by atoms with Crippen LogP contribution >= 0.6 is 12.2 Å². The van der Waals surface area contributed by atoms with Crippen molar-refractivity contribution in [3.8, 4) is 0 Å². The molecule has 7 heteroatoms. The highest BCUT2D eigenvalue weighted by molar-refractivity contribution is 7.80. The van der Waals surface area contributed by atoms with Gasteiger partial charge in [-0.2, -0.15) is 0 Å². The summed E-state index contributed by atoms with van der Waals surface area (Å²) < 4.78 is 5.00. The molecule has 1 aliphatic rings. The van der Waals surface area contributed by atoms with Gasteiger partial charge in [0.2, 0.25) is 5.91 Å². The van der Waals surface area contributed by atoms with Gasteiger partial charge < -0.3 is 20.3 Å². The number of nitrogens with zero attached hydrogens (tertiary/aromatic N) is 1. The molecule has 2 rings (SSSR count). The van der Waals surface area contributed by atoms with Gasteiger partial charge in [0, 0.05) is 24.9 Å². The van der Waals surface area contributed by atoms with Crippen molar-refractivity contribution in [2.75, 3.05) is 19.5 Å². The van der Waals surface area contributed by atoms with Crippen LogP contribution in [0.2, 0.25) is 0 Å². The third kappa shape index (κ3) is 6.05. The molecule has 0 saturated carbocycles. The van der Waals surface area contributed by atoms with E-state index in [4.69, 9.17) is 17.0 Å². The van der Waals surface area contributed by atoms with Gasteiger partial charge in [0.15, 0.2) is 5.11 Å². The Balaban J connectivity index is 2.22. The Morgan fingerprint density at radius 2 is 2.00 bits per heavy atom. The van der Waals surface area contributed by atoms with Crippen LogP contribution in [0, 0.1) is 11.3 Å². The van der Waals surface area contributed by atoms with Crippen LogP contribution in [0.5, 0.6) is 0 Å². The highest BCUT2D eigenvalue weighted by Crippen LogP contribution is 2.32. The predicted octanol–water partition coefficient (Wildman–Crippen LogP) is 4.40. The summed E-state index contributed by atoms with van der Waals surface area (Å²) in [4.78, 5) is 26.7. The highest BCUT2D eigenvalue weighted by Gasteiger charge is 2.33. The smallest absolute Gasteiger partial charge is 0.337 e. The van der Waals surface area contributed by atoms with Crippen LogP contribution in [0.15, 0.2) is 35.5 Å². The number of hydrogen-bond donors (Lipinski definition) is 2. The summed E-state index contributed by atoms with van der Waals surface area (Å²) in [5.74, 6) is -0.141. The average molecular weight is 432 g/mol. The molecule has 0 bridgehead atoms. The fraction of sp³-hybridized carbons (Fsp3) is 0.522. The van der Waals surface area contributed by atoms with Crippen LogP contribution in [0.25, 0.3) is 0 Å². The van der Waals surface area contributed by atoms with E-state index in [0.29, 0.717) is 22.8 Å². The fourth-order valence-corrected chi connectivity index (χ4v) is 4.16. The first kappa shape index (κ1) is 23.9. The lowest BCUT2D eigenvalue weighted by molar-refractivity contribution is -0.136. The fourth-order valence-electron chi connectivity index (χ4n) is 3.90. The second-order valence-electron chi connectivity index (χ2n) is 9.18. The van der Waals surface area contributed by atoms with Crippen molar-refractivity contribution in [2.45, 2.75) is 53.5 Å². The van der Waals surface area contributed by atoms with Crippen molar-refractivity contribution in [3.63, 3.8) is 0 Å². The van der Waals surface area contributed by atoms with Crippen molar-refractivity contribution in [1.29, 1.82) is 0 Å². The SMILES string of the molecule is COC(=O)C1=C(C)N(C)C(=S)NC1c1cccc(NC(=O)CC(C)CC(C)(C)C)c1. The standard InChI is InChI=1S/C23H33N3O3S/c1-14(13-23(3,4)5)11-18(27)24-17-10-8-9-16(12-17)20-19(21(28)29-7)15(2)26(6)22(30)25-20/h8-10,12,14,20H,11,13H2,1-7H3,(H,24,27)(H,25,30). The average Bonchev–Trinajstić information content (AvgIpc) is 2.63. The first-order valence-electron chi connectivity index (χ1n) is 10.2. The lowest BCUT2D eigenvalue weighted by Gasteiger charge is -2.35. The molecule has 0 aromatic heterocycles. The Morgan fingerprint density at radius 3 is 2.60 bits per heavy atom. The third-order valence-electron chi connectivity index (χ3n) is 5.16. The molecule has 0 aliphatic carbocycles. The molecule has 1 heterocycles. The Labute approximate surface area is 185 Å². The minimum atomic E-state index is -0.446. The Hall–Kier alpha value is -2.41. The topological polar surface area (TPSA) is 70.7 Å². The number of carbonyl (C=O) groups is 2. The molecule has 6 nitrogen and oxygen atoms in total. The van der Waals surface area contributed by atoms with E-state index in [1.807, 2.05) is 31.2 Å². The molecule has 1 aromatic rings.